The first-order valence-electron chi connectivity index (χ1n) is 7.71. The number of hydrogen-bond donors (Lipinski definition) is 2. The number of hydrogen-bond acceptors (Lipinski definition) is 3. The first kappa shape index (κ1) is 15.5. The Balaban J connectivity index is 2.32. The van der Waals surface area contributed by atoms with Gasteiger partial charge in [0.2, 0.25) is 5.36 Å². The van der Waals surface area contributed by atoms with Crippen LogP contribution in [-0.2, 0) is 0 Å². The highest BCUT2D eigenvalue weighted by atomic mass is 16.3. The van der Waals surface area contributed by atoms with Crippen molar-refractivity contribution in [1.82, 2.24) is 4.58 Å². The van der Waals surface area contributed by atoms with Gasteiger partial charge in [0, 0.05) is 5.56 Å². The average Bonchev–Trinajstić information content (AvgIpc) is 2.61. The van der Waals surface area contributed by atoms with Crippen LogP contribution in [0.4, 0.5) is 0 Å². The fraction of sp³-hybridized carbons (Fsp3) is 0.211. The maximum atomic E-state index is 9.34. The van der Waals surface area contributed by atoms with E-state index in [1.807, 2.05) is 65.2 Å². The third-order valence-electron chi connectivity index (χ3n) is 3.79. The Morgan fingerprint density at radius 3 is 2.17 bits per heavy atom. The summed E-state index contributed by atoms with van der Waals surface area (Å²) in [4.78, 5) is 0. The number of fused-ring (bicyclic) bond motifs is 1. The molecule has 0 unspecified atom stereocenters. The Morgan fingerprint density at radius 1 is 0.826 bits per heavy atom. The van der Waals surface area contributed by atoms with Gasteiger partial charge in [-0.3, -0.25) is 0 Å². The summed E-state index contributed by atoms with van der Waals surface area (Å²) in [7, 11) is 0. The Morgan fingerprint density at radius 2 is 1.48 bits per heavy atom. The van der Waals surface area contributed by atoms with Crippen molar-refractivity contribution in [2.75, 3.05) is 26.3 Å². The van der Waals surface area contributed by atoms with Crippen molar-refractivity contribution in [2.24, 2.45) is 0 Å². The molecule has 118 valence electrons. The highest BCUT2D eigenvalue weighted by Crippen LogP contribution is 2.21. The van der Waals surface area contributed by atoms with Gasteiger partial charge in [-0.15, -0.1) is 0 Å². The number of rotatable bonds is 5. The Hall–Kier alpha value is -2.43. The molecular formula is C19H20NO3+. The van der Waals surface area contributed by atoms with E-state index in [1.165, 1.54) is 0 Å². The van der Waals surface area contributed by atoms with Gasteiger partial charge in [0.25, 0.3) is 0 Å². The second-order valence-electron chi connectivity index (χ2n) is 5.29. The molecule has 3 aromatic rings. The lowest BCUT2D eigenvalue weighted by Crippen LogP contribution is -2.35. The van der Waals surface area contributed by atoms with Crippen molar-refractivity contribution >= 4 is 11.0 Å². The minimum Gasteiger partial charge on any atom is -0.456 e. The van der Waals surface area contributed by atoms with E-state index >= 15 is 0 Å². The molecule has 4 nitrogen and oxygen atoms in total. The van der Waals surface area contributed by atoms with Crippen LogP contribution in [0.5, 0.6) is 0 Å². The van der Waals surface area contributed by atoms with E-state index in [-0.39, 0.29) is 13.2 Å². The van der Waals surface area contributed by atoms with Crippen molar-refractivity contribution in [3.63, 3.8) is 0 Å². The zero-order valence-electron chi connectivity index (χ0n) is 12.9. The second-order valence-corrected chi connectivity index (χ2v) is 5.29. The maximum Gasteiger partial charge on any atom is 0.214 e. The van der Waals surface area contributed by atoms with Crippen LogP contribution in [0.1, 0.15) is 0 Å². The van der Waals surface area contributed by atoms with Crippen LogP contribution in [0, 0.1) is 0 Å². The summed E-state index contributed by atoms with van der Waals surface area (Å²) >= 11 is 0. The average molecular weight is 310 g/mol. The van der Waals surface area contributed by atoms with E-state index in [2.05, 4.69) is 0 Å². The van der Waals surface area contributed by atoms with Crippen LogP contribution < -0.4 is 9.93 Å². The van der Waals surface area contributed by atoms with Crippen molar-refractivity contribution in [1.29, 1.82) is 0 Å². The number of aliphatic hydroxyl groups excluding tert-OH is 2. The van der Waals surface area contributed by atoms with Gasteiger partial charge in [-0.05, 0) is 12.1 Å². The molecule has 0 aliphatic carbocycles. The third kappa shape index (κ3) is 3.33. The van der Waals surface area contributed by atoms with Crippen LogP contribution >= 0.6 is 0 Å². The SMILES string of the molecule is OCC[N+](CCO)=c1cc(-c2ccccc2)oc2ccccc12. The second kappa shape index (κ2) is 7.22. The van der Waals surface area contributed by atoms with Gasteiger partial charge in [0.05, 0.1) is 11.5 Å². The zero-order valence-corrected chi connectivity index (χ0v) is 12.9. The van der Waals surface area contributed by atoms with Crippen LogP contribution in [0.2, 0.25) is 0 Å². The Bertz CT molecular complexity index is 845. The first-order chi connectivity index (χ1) is 11.3. The number of para-hydroxylation sites is 1. The first-order valence-corrected chi connectivity index (χ1v) is 7.71. The topological polar surface area (TPSA) is 56.6 Å². The lowest BCUT2D eigenvalue weighted by molar-refractivity contribution is 0.250. The van der Waals surface area contributed by atoms with Gasteiger partial charge >= 0.3 is 0 Å². The van der Waals surface area contributed by atoms with Crippen molar-refractivity contribution in [3.8, 4) is 11.3 Å². The van der Waals surface area contributed by atoms with Gasteiger partial charge in [0.1, 0.15) is 24.6 Å². The lowest BCUT2D eigenvalue weighted by atomic mass is 10.1. The van der Waals surface area contributed by atoms with Crippen LogP contribution in [0.25, 0.3) is 22.3 Å². The van der Waals surface area contributed by atoms with Gasteiger partial charge in [-0.25, -0.2) is 4.58 Å². The van der Waals surface area contributed by atoms with E-state index < -0.39 is 0 Å². The summed E-state index contributed by atoms with van der Waals surface area (Å²) in [6.07, 6.45) is 0. The summed E-state index contributed by atoms with van der Waals surface area (Å²) in [5, 5.41) is 20.6. The molecule has 0 saturated carbocycles. The molecular weight excluding hydrogens is 290 g/mol. The summed E-state index contributed by atoms with van der Waals surface area (Å²) in [5.74, 6) is 0.764. The molecule has 0 bridgehead atoms. The zero-order chi connectivity index (χ0) is 16.1. The summed E-state index contributed by atoms with van der Waals surface area (Å²) < 4.78 is 8.02. The number of benzene rings is 2. The fourth-order valence-electron chi connectivity index (χ4n) is 2.72. The molecule has 3 rings (SSSR count). The van der Waals surface area contributed by atoms with E-state index in [1.54, 1.807) is 0 Å². The van der Waals surface area contributed by atoms with Crippen LogP contribution in [-0.4, -0.2) is 36.5 Å². The molecule has 0 amide bonds. The van der Waals surface area contributed by atoms with Crippen LogP contribution in [0.3, 0.4) is 0 Å². The predicted molar refractivity (Wildman–Crippen MR) is 90.8 cm³/mol. The summed E-state index contributed by atoms with van der Waals surface area (Å²) in [6.45, 7) is 0.980. The maximum absolute atomic E-state index is 9.34. The lowest BCUT2D eigenvalue weighted by Gasteiger charge is -2.06. The van der Waals surface area contributed by atoms with E-state index in [4.69, 9.17) is 4.42 Å². The summed E-state index contributed by atoms with van der Waals surface area (Å²) in [5.41, 5.74) is 1.78. The Kier molecular flexibility index (Phi) is 4.86. The minimum atomic E-state index is 0.0288. The highest BCUT2D eigenvalue weighted by molar-refractivity contribution is 5.78. The number of aliphatic hydroxyl groups is 2. The Labute approximate surface area is 134 Å². The predicted octanol–water partition coefficient (Wildman–Crippen LogP) is 1.86. The molecule has 0 radical (unpaired) electrons. The molecule has 0 atom stereocenters. The van der Waals surface area contributed by atoms with Crippen LogP contribution in [0.15, 0.2) is 65.1 Å². The molecule has 4 heteroatoms. The smallest absolute Gasteiger partial charge is 0.214 e. The van der Waals surface area contributed by atoms with E-state index in [9.17, 15) is 10.2 Å². The highest BCUT2D eigenvalue weighted by Gasteiger charge is 2.12. The van der Waals surface area contributed by atoms with E-state index in [0.29, 0.717) is 13.1 Å². The summed E-state index contributed by atoms with van der Waals surface area (Å²) in [6, 6.07) is 19.7. The standard InChI is InChI=1S/C19H20NO3/c21-12-10-20(11-13-22)17-14-19(15-6-2-1-3-7-15)23-18-9-5-4-8-16(17)18/h1-9,14,21-22H,10-13H2/q+1. The van der Waals surface area contributed by atoms with Gasteiger partial charge in [0.15, 0.2) is 13.1 Å². The molecule has 23 heavy (non-hydrogen) atoms. The molecule has 2 N–H and O–H groups in total. The van der Waals surface area contributed by atoms with Crippen molar-refractivity contribution in [3.05, 3.63) is 66.0 Å². The normalized spacial score (nSPS) is 10.9. The monoisotopic (exact) mass is 310 g/mol. The largest absolute Gasteiger partial charge is 0.456 e. The van der Waals surface area contributed by atoms with Crippen molar-refractivity contribution < 1.29 is 14.6 Å². The van der Waals surface area contributed by atoms with Crippen molar-refractivity contribution in [2.45, 2.75) is 0 Å². The van der Waals surface area contributed by atoms with Gasteiger partial charge < -0.3 is 14.6 Å². The molecule has 1 aromatic heterocycles. The molecule has 0 aliphatic rings. The van der Waals surface area contributed by atoms with Gasteiger partial charge in [-0.1, -0.05) is 42.5 Å². The molecule has 0 spiro atoms. The fourth-order valence-corrected chi connectivity index (χ4v) is 2.72. The third-order valence-corrected chi connectivity index (χ3v) is 3.79. The van der Waals surface area contributed by atoms with Gasteiger partial charge in [-0.2, -0.15) is 0 Å². The molecule has 0 saturated heterocycles. The molecule has 1 heterocycles. The minimum absolute atomic E-state index is 0.0288. The van der Waals surface area contributed by atoms with E-state index in [0.717, 1.165) is 27.7 Å². The quantitative estimate of drug-likeness (QED) is 0.707. The number of nitrogens with zero attached hydrogens (tertiary/aromatic N) is 1. The molecule has 0 fully saturated rings. The molecule has 2 aromatic carbocycles. The molecule has 0 aliphatic heterocycles.